The van der Waals surface area contributed by atoms with Gasteiger partial charge in [-0.05, 0) is 37.6 Å². The van der Waals surface area contributed by atoms with Crippen LogP contribution in [0.5, 0.6) is 0 Å². The molecule has 2 amide bonds. The quantitative estimate of drug-likeness (QED) is 0.844. The molecular weight excluding hydrogens is 338 g/mol. The highest BCUT2D eigenvalue weighted by molar-refractivity contribution is 5.95. The molecule has 0 radical (unpaired) electrons. The van der Waals surface area contributed by atoms with Crippen molar-refractivity contribution < 1.29 is 9.59 Å². The lowest BCUT2D eigenvalue weighted by molar-refractivity contribution is -0.137. The van der Waals surface area contributed by atoms with Crippen molar-refractivity contribution in [3.63, 3.8) is 0 Å². The Balaban J connectivity index is 1.65. The predicted octanol–water partition coefficient (Wildman–Crippen LogP) is 2.82. The third-order valence-corrected chi connectivity index (χ3v) is 5.12. The molecule has 27 heavy (non-hydrogen) atoms. The molecule has 138 valence electrons. The molecule has 3 rings (SSSR count). The molecule has 0 unspecified atom stereocenters. The van der Waals surface area contributed by atoms with Gasteiger partial charge < -0.3 is 9.80 Å². The average molecular weight is 361 g/mol. The first kappa shape index (κ1) is 18.7. The number of piperazine rings is 1. The smallest absolute Gasteiger partial charge is 0.254 e. The van der Waals surface area contributed by atoms with Crippen LogP contribution in [0.3, 0.4) is 0 Å². The SMILES string of the molecule is CC(C)(C(=O)N1CCN(C(=O)c2cccc(C#N)c2)CC1)c1ccccc1. The van der Waals surface area contributed by atoms with Gasteiger partial charge in [0.2, 0.25) is 5.91 Å². The lowest BCUT2D eigenvalue weighted by atomic mass is 9.83. The molecule has 5 nitrogen and oxygen atoms in total. The van der Waals surface area contributed by atoms with Crippen LogP contribution in [-0.2, 0) is 10.2 Å². The topological polar surface area (TPSA) is 64.4 Å². The minimum Gasteiger partial charge on any atom is -0.338 e. The van der Waals surface area contributed by atoms with Crippen molar-refractivity contribution in [3.8, 4) is 6.07 Å². The van der Waals surface area contributed by atoms with Crippen LogP contribution in [0.2, 0.25) is 0 Å². The molecule has 1 saturated heterocycles. The Morgan fingerprint density at radius 1 is 0.926 bits per heavy atom. The fourth-order valence-electron chi connectivity index (χ4n) is 3.39. The van der Waals surface area contributed by atoms with Crippen LogP contribution in [0, 0.1) is 11.3 Å². The summed E-state index contributed by atoms with van der Waals surface area (Å²) in [5, 5.41) is 9.00. The van der Waals surface area contributed by atoms with E-state index in [4.69, 9.17) is 5.26 Å². The Hall–Kier alpha value is -3.13. The molecule has 0 spiro atoms. The summed E-state index contributed by atoms with van der Waals surface area (Å²) in [5.41, 5.74) is 1.37. The highest BCUT2D eigenvalue weighted by Gasteiger charge is 2.35. The van der Waals surface area contributed by atoms with Crippen LogP contribution in [0.1, 0.15) is 35.3 Å². The second-order valence-corrected chi connectivity index (χ2v) is 7.27. The molecule has 1 aliphatic heterocycles. The Kier molecular flexibility index (Phi) is 5.27. The van der Waals surface area contributed by atoms with Gasteiger partial charge in [-0.2, -0.15) is 5.26 Å². The van der Waals surface area contributed by atoms with Gasteiger partial charge in [-0.15, -0.1) is 0 Å². The first-order valence-electron chi connectivity index (χ1n) is 9.08. The van der Waals surface area contributed by atoms with Gasteiger partial charge in [-0.25, -0.2) is 0 Å². The molecule has 0 atom stereocenters. The first-order valence-corrected chi connectivity index (χ1v) is 9.08. The summed E-state index contributed by atoms with van der Waals surface area (Å²) in [4.78, 5) is 29.3. The van der Waals surface area contributed by atoms with Crippen molar-refractivity contribution in [2.24, 2.45) is 0 Å². The van der Waals surface area contributed by atoms with Crippen molar-refractivity contribution >= 4 is 11.8 Å². The van der Waals surface area contributed by atoms with E-state index in [1.165, 1.54) is 0 Å². The van der Waals surface area contributed by atoms with Crippen LogP contribution < -0.4 is 0 Å². The highest BCUT2D eigenvalue weighted by atomic mass is 16.2. The van der Waals surface area contributed by atoms with Crippen molar-refractivity contribution in [1.82, 2.24) is 9.80 Å². The van der Waals surface area contributed by atoms with Gasteiger partial charge in [-0.3, -0.25) is 9.59 Å². The Morgan fingerprint density at radius 3 is 2.19 bits per heavy atom. The minimum absolute atomic E-state index is 0.0762. The maximum Gasteiger partial charge on any atom is 0.254 e. The number of rotatable bonds is 3. The molecule has 0 bridgehead atoms. The summed E-state index contributed by atoms with van der Waals surface area (Å²) in [6, 6.07) is 18.5. The van der Waals surface area contributed by atoms with Crippen LogP contribution in [0.25, 0.3) is 0 Å². The summed E-state index contributed by atoms with van der Waals surface area (Å²) in [6.07, 6.45) is 0. The van der Waals surface area contributed by atoms with Crippen molar-refractivity contribution in [2.45, 2.75) is 19.3 Å². The zero-order valence-corrected chi connectivity index (χ0v) is 15.7. The average Bonchev–Trinajstić information content (AvgIpc) is 2.73. The van der Waals surface area contributed by atoms with Crippen LogP contribution in [0.4, 0.5) is 0 Å². The molecular formula is C22H23N3O2. The minimum atomic E-state index is -0.603. The summed E-state index contributed by atoms with van der Waals surface area (Å²) in [6.45, 7) is 5.89. The second kappa shape index (κ2) is 7.63. The predicted molar refractivity (Wildman–Crippen MR) is 103 cm³/mol. The molecule has 0 aromatic heterocycles. The number of amides is 2. The van der Waals surface area contributed by atoms with E-state index in [0.29, 0.717) is 37.3 Å². The van der Waals surface area contributed by atoms with Gasteiger partial charge in [0.05, 0.1) is 17.0 Å². The van der Waals surface area contributed by atoms with Crippen molar-refractivity contribution in [3.05, 3.63) is 71.3 Å². The second-order valence-electron chi connectivity index (χ2n) is 7.27. The number of benzene rings is 2. The number of nitriles is 1. The van der Waals surface area contributed by atoms with Gasteiger partial charge in [0.25, 0.3) is 5.91 Å². The molecule has 5 heteroatoms. The number of carbonyl (C=O) groups excluding carboxylic acids is 2. The molecule has 0 aliphatic carbocycles. The van der Waals surface area contributed by atoms with Crippen LogP contribution >= 0.6 is 0 Å². The van der Waals surface area contributed by atoms with E-state index in [2.05, 4.69) is 6.07 Å². The Labute approximate surface area is 159 Å². The van der Waals surface area contributed by atoms with Gasteiger partial charge in [0.15, 0.2) is 0 Å². The van der Waals surface area contributed by atoms with Gasteiger partial charge >= 0.3 is 0 Å². The molecule has 0 N–H and O–H groups in total. The number of carbonyl (C=O) groups is 2. The van der Waals surface area contributed by atoms with Gasteiger partial charge in [-0.1, -0.05) is 36.4 Å². The lowest BCUT2D eigenvalue weighted by Crippen LogP contribution is -2.54. The molecule has 1 heterocycles. The maximum absolute atomic E-state index is 13.0. The summed E-state index contributed by atoms with van der Waals surface area (Å²) < 4.78 is 0. The summed E-state index contributed by atoms with van der Waals surface area (Å²) in [5.74, 6) is -0.0196. The largest absolute Gasteiger partial charge is 0.338 e. The van der Waals surface area contributed by atoms with E-state index >= 15 is 0 Å². The molecule has 1 aliphatic rings. The summed E-state index contributed by atoms with van der Waals surface area (Å²) >= 11 is 0. The molecule has 2 aromatic rings. The third-order valence-electron chi connectivity index (χ3n) is 5.12. The van der Waals surface area contributed by atoms with Crippen LogP contribution in [0.15, 0.2) is 54.6 Å². The maximum atomic E-state index is 13.0. The van der Waals surface area contributed by atoms with E-state index in [9.17, 15) is 9.59 Å². The van der Waals surface area contributed by atoms with Crippen molar-refractivity contribution in [1.29, 1.82) is 5.26 Å². The van der Waals surface area contributed by atoms with E-state index in [-0.39, 0.29) is 11.8 Å². The lowest BCUT2D eigenvalue weighted by Gasteiger charge is -2.38. The number of nitrogens with zero attached hydrogens (tertiary/aromatic N) is 3. The number of hydrogen-bond acceptors (Lipinski definition) is 3. The fourth-order valence-corrected chi connectivity index (χ4v) is 3.39. The number of hydrogen-bond donors (Lipinski definition) is 0. The fraction of sp³-hybridized carbons (Fsp3) is 0.318. The van der Waals surface area contributed by atoms with Gasteiger partial charge in [0.1, 0.15) is 0 Å². The summed E-state index contributed by atoms with van der Waals surface area (Å²) in [7, 11) is 0. The monoisotopic (exact) mass is 361 g/mol. The van der Waals surface area contributed by atoms with Gasteiger partial charge in [0, 0.05) is 31.7 Å². The molecule has 2 aromatic carbocycles. The third kappa shape index (κ3) is 3.85. The van der Waals surface area contributed by atoms with E-state index in [1.807, 2.05) is 49.1 Å². The zero-order chi connectivity index (χ0) is 19.4. The van der Waals surface area contributed by atoms with E-state index < -0.39 is 5.41 Å². The standard InChI is InChI=1S/C22H23N3O2/c1-22(2,19-9-4-3-5-10-19)21(27)25-13-11-24(12-14-25)20(26)18-8-6-7-17(15-18)16-23/h3-10,15H,11-14H2,1-2H3. The zero-order valence-electron chi connectivity index (χ0n) is 15.7. The highest BCUT2D eigenvalue weighted by Crippen LogP contribution is 2.26. The Bertz CT molecular complexity index is 876. The van der Waals surface area contributed by atoms with E-state index in [0.717, 1.165) is 5.56 Å². The first-order chi connectivity index (χ1) is 12.9. The van der Waals surface area contributed by atoms with Crippen molar-refractivity contribution in [2.75, 3.05) is 26.2 Å². The normalized spacial score (nSPS) is 14.6. The Morgan fingerprint density at radius 2 is 1.56 bits per heavy atom. The molecule has 0 saturated carbocycles. The molecule has 1 fully saturated rings. The van der Waals surface area contributed by atoms with Crippen LogP contribution in [-0.4, -0.2) is 47.8 Å². The van der Waals surface area contributed by atoms with E-state index in [1.54, 1.807) is 29.2 Å².